The summed E-state index contributed by atoms with van der Waals surface area (Å²) < 4.78 is 0. The molecule has 3 rings (SSSR count). The fraction of sp³-hybridized carbons (Fsp3) is 0. The van der Waals surface area contributed by atoms with Crippen molar-refractivity contribution in [2.24, 2.45) is 5.10 Å². The number of carbonyl (C=O) groups excluding carboxylic acids is 1. The number of carbonyl (C=O) groups is 1. The molecule has 0 unspecified atom stereocenters. The number of amides is 1. The Bertz CT molecular complexity index is 920. The van der Waals surface area contributed by atoms with Gasteiger partial charge in [-0.2, -0.15) is 10.1 Å². The van der Waals surface area contributed by atoms with E-state index in [0.717, 1.165) is 5.56 Å². The third kappa shape index (κ3) is 3.77. The Kier molecular flexibility index (Phi) is 4.52. The van der Waals surface area contributed by atoms with Crippen LogP contribution in [0, 0.1) is 0 Å². The number of hydrazone groups is 1. The van der Waals surface area contributed by atoms with Crippen LogP contribution in [0.2, 0.25) is 0 Å². The van der Waals surface area contributed by atoms with Gasteiger partial charge in [-0.15, -0.1) is 0 Å². The molecule has 1 amide bonds. The SMILES string of the molecule is O=C(N/N=C/c1ccccn1)c1cc(-c2ccccc2)nc(=O)[nH]1. The molecule has 3 aromatic rings. The summed E-state index contributed by atoms with van der Waals surface area (Å²) >= 11 is 0. The summed E-state index contributed by atoms with van der Waals surface area (Å²) in [5.74, 6) is -0.543. The van der Waals surface area contributed by atoms with Gasteiger partial charge in [0.15, 0.2) is 0 Å². The molecule has 0 atom stereocenters. The van der Waals surface area contributed by atoms with E-state index in [-0.39, 0.29) is 5.69 Å². The number of nitrogens with one attached hydrogen (secondary N) is 2. The van der Waals surface area contributed by atoms with Crippen LogP contribution in [0.3, 0.4) is 0 Å². The largest absolute Gasteiger partial charge is 0.346 e. The van der Waals surface area contributed by atoms with Crippen LogP contribution < -0.4 is 11.1 Å². The van der Waals surface area contributed by atoms with E-state index in [1.165, 1.54) is 12.3 Å². The van der Waals surface area contributed by atoms with Crippen LogP contribution in [0.4, 0.5) is 0 Å². The summed E-state index contributed by atoms with van der Waals surface area (Å²) in [7, 11) is 0. The second-order valence-corrected chi connectivity index (χ2v) is 4.80. The molecule has 0 saturated heterocycles. The van der Waals surface area contributed by atoms with Crippen LogP contribution in [-0.2, 0) is 0 Å². The lowest BCUT2D eigenvalue weighted by Gasteiger charge is -2.03. The quantitative estimate of drug-likeness (QED) is 0.563. The first-order chi connectivity index (χ1) is 11.7. The second-order valence-electron chi connectivity index (χ2n) is 4.80. The average molecular weight is 319 g/mol. The van der Waals surface area contributed by atoms with Crippen LogP contribution >= 0.6 is 0 Å². The second kappa shape index (κ2) is 7.10. The molecule has 0 radical (unpaired) electrons. The number of hydrogen-bond acceptors (Lipinski definition) is 5. The number of aromatic amines is 1. The molecule has 2 N–H and O–H groups in total. The zero-order chi connectivity index (χ0) is 16.8. The van der Waals surface area contributed by atoms with Crippen LogP contribution in [0.25, 0.3) is 11.3 Å². The van der Waals surface area contributed by atoms with E-state index in [1.54, 1.807) is 18.3 Å². The van der Waals surface area contributed by atoms with Crippen molar-refractivity contribution >= 4 is 12.1 Å². The normalized spacial score (nSPS) is 10.7. The van der Waals surface area contributed by atoms with Crippen molar-refractivity contribution in [2.75, 3.05) is 0 Å². The van der Waals surface area contributed by atoms with Gasteiger partial charge >= 0.3 is 5.69 Å². The van der Waals surface area contributed by atoms with Crippen molar-refractivity contribution < 1.29 is 4.79 Å². The van der Waals surface area contributed by atoms with Gasteiger partial charge in [-0.3, -0.25) is 9.78 Å². The molecule has 118 valence electrons. The Balaban J connectivity index is 1.79. The molecule has 0 aliphatic heterocycles. The van der Waals surface area contributed by atoms with Crippen molar-refractivity contribution in [1.82, 2.24) is 20.4 Å². The monoisotopic (exact) mass is 319 g/mol. The first-order valence-corrected chi connectivity index (χ1v) is 7.13. The Labute approximate surface area is 137 Å². The molecular weight excluding hydrogens is 306 g/mol. The highest BCUT2D eigenvalue weighted by Crippen LogP contribution is 2.15. The number of nitrogens with zero attached hydrogens (tertiary/aromatic N) is 3. The van der Waals surface area contributed by atoms with Gasteiger partial charge in [0.1, 0.15) is 5.69 Å². The Morgan fingerprint density at radius 2 is 1.92 bits per heavy atom. The van der Waals surface area contributed by atoms with Crippen molar-refractivity contribution in [3.63, 3.8) is 0 Å². The highest BCUT2D eigenvalue weighted by molar-refractivity contribution is 5.93. The zero-order valence-electron chi connectivity index (χ0n) is 12.5. The van der Waals surface area contributed by atoms with Gasteiger partial charge in [0.25, 0.3) is 5.91 Å². The standard InChI is InChI=1S/C17H13N5O2/c23-16(22-19-11-13-8-4-5-9-18-13)15-10-14(20-17(24)21-15)12-6-2-1-3-7-12/h1-11H,(H,22,23)(H,20,21,24)/b19-11+. The van der Waals surface area contributed by atoms with Crippen molar-refractivity contribution in [1.29, 1.82) is 0 Å². The fourth-order valence-corrected chi connectivity index (χ4v) is 2.01. The summed E-state index contributed by atoms with van der Waals surface area (Å²) in [4.78, 5) is 34.1. The summed E-state index contributed by atoms with van der Waals surface area (Å²) in [6.45, 7) is 0. The molecule has 0 spiro atoms. The van der Waals surface area contributed by atoms with E-state index in [4.69, 9.17) is 0 Å². The van der Waals surface area contributed by atoms with Gasteiger partial charge in [-0.05, 0) is 18.2 Å². The molecule has 24 heavy (non-hydrogen) atoms. The molecule has 0 aliphatic carbocycles. The van der Waals surface area contributed by atoms with Gasteiger partial charge < -0.3 is 4.98 Å². The summed E-state index contributed by atoms with van der Waals surface area (Å²) in [6.07, 6.45) is 3.03. The maximum absolute atomic E-state index is 12.1. The van der Waals surface area contributed by atoms with Crippen molar-refractivity contribution in [3.8, 4) is 11.3 Å². The van der Waals surface area contributed by atoms with E-state index in [0.29, 0.717) is 11.4 Å². The average Bonchev–Trinajstić information content (AvgIpc) is 2.63. The zero-order valence-corrected chi connectivity index (χ0v) is 12.5. The minimum atomic E-state index is -0.602. The van der Waals surface area contributed by atoms with E-state index in [9.17, 15) is 9.59 Å². The van der Waals surface area contributed by atoms with E-state index in [2.05, 4.69) is 25.5 Å². The number of hydrogen-bond donors (Lipinski definition) is 2. The van der Waals surface area contributed by atoms with E-state index < -0.39 is 11.6 Å². The number of pyridine rings is 1. The minimum Gasteiger partial charge on any atom is -0.301 e. The van der Waals surface area contributed by atoms with Crippen LogP contribution in [0.15, 0.2) is 70.7 Å². The van der Waals surface area contributed by atoms with Gasteiger partial charge in [-0.1, -0.05) is 36.4 Å². The molecule has 2 heterocycles. The third-order valence-corrected chi connectivity index (χ3v) is 3.11. The van der Waals surface area contributed by atoms with E-state index in [1.807, 2.05) is 36.4 Å². The van der Waals surface area contributed by atoms with Crippen molar-refractivity contribution in [3.05, 3.63) is 82.7 Å². The molecule has 2 aromatic heterocycles. The molecule has 7 nitrogen and oxygen atoms in total. The molecule has 7 heteroatoms. The predicted molar refractivity (Wildman–Crippen MR) is 89.6 cm³/mol. The number of H-pyrrole nitrogens is 1. The minimum absolute atomic E-state index is 0.0759. The topological polar surface area (TPSA) is 100 Å². The predicted octanol–water partition coefficient (Wildman–Crippen LogP) is 1.60. The first kappa shape index (κ1) is 15.3. The maximum atomic E-state index is 12.1. The Hall–Kier alpha value is -3.61. The highest BCUT2D eigenvalue weighted by atomic mass is 16.2. The molecule has 0 aliphatic rings. The number of aromatic nitrogens is 3. The highest BCUT2D eigenvalue weighted by Gasteiger charge is 2.09. The molecule has 0 saturated carbocycles. The smallest absolute Gasteiger partial charge is 0.301 e. The first-order valence-electron chi connectivity index (χ1n) is 7.13. The number of benzene rings is 1. The van der Waals surface area contributed by atoms with Crippen molar-refractivity contribution in [2.45, 2.75) is 0 Å². The summed E-state index contributed by atoms with van der Waals surface area (Å²) in [5.41, 5.74) is 3.58. The lowest BCUT2D eigenvalue weighted by Crippen LogP contribution is -2.24. The maximum Gasteiger partial charge on any atom is 0.346 e. The van der Waals surface area contributed by atoms with E-state index >= 15 is 0 Å². The molecule has 1 aromatic carbocycles. The summed E-state index contributed by atoms with van der Waals surface area (Å²) in [5, 5.41) is 3.82. The Morgan fingerprint density at radius 3 is 2.67 bits per heavy atom. The lowest BCUT2D eigenvalue weighted by atomic mass is 10.1. The van der Waals surface area contributed by atoms with Gasteiger partial charge in [0, 0.05) is 11.8 Å². The number of rotatable bonds is 4. The van der Waals surface area contributed by atoms with Gasteiger partial charge in [0.2, 0.25) is 0 Å². The lowest BCUT2D eigenvalue weighted by molar-refractivity contribution is 0.0949. The Morgan fingerprint density at radius 1 is 1.12 bits per heavy atom. The third-order valence-electron chi connectivity index (χ3n) is 3.11. The summed E-state index contributed by atoms with van der Waals surface area (Å²) in [6, 6.07) is 16.0. The van der Waals surface area contributed by atoms with Gasteiger partial charge in [-0.25, -0.2) is 10.2 Å². The molecule has 0 bridgehead atoms. The fourth-order valence-electron chi connectivity index (χ4n) is 2.01. The van der Waals surface area contributed by atoms with Crippen LogP contribution in [0.1, 0.15) is 16.2 Å². The van der Waals surface area contributed by atoms with Crippen LogP contribution in [0.5, 0.6) is 0 Å². The molecular formula is C17H13N5O2. The van der Waals surface area contributed by atoms with Crippen LogP contribution in [-0.4, -0.2) is 27.1 Å². The van der Waals surface area contributed by atoms with Gasteiger partial charge in [0.05, 0.1) is 17.6 Å². The molecule has 0 fully saturated rings.